The van der Waals surface area contributed by atoms with Crippen LogP contribution in [0.2, 0.25) is 0 Å². The summed E-state index contributed by atoms with van der Waals surface area (Å²) in [5, 5.41) is 6.84. The Morgan fingerprint density at radius 1 is 1.42 bits per heavy atom. The minimum atomic E-state index is -2.54. The highest BCUT2D eigenvalue weighted by Gasteiger charge is 2.40. The maximum atomic E-state index is 13.5. The summed E-state index contributed by atoms with van der Waals surface area (Å²) >= 11 is 0. The lowest BCUT2D eigenvalue weighted by molar-refractivity contribution is 0.00826. The fourth-order valence-corrected chi connectivity index (χ4v) is 3.80. The highest BCUT2D eigenvalue weighted by molar-refractivity contribution is 5.19. The van der Waals surface area contributed by atoms with Gasteiger partial charge in [-0.05, 0) is 0 Å². The van der Waals surface area contributed by atoms with Crippen LogP contribution in [0.5, 0.6) is 0 Å². The van der Waals surface area contributed by atoms with Gasteiger partial charge in [-0.25, -0.2) is 13.8 Å². The van der Waals surface area contributed by atoms with Gasteiger partial charge in [0, 0.05) is 69.6 Å². The molecule has 1 saturated heterocycles. The van der Waals surface area contributed by atoms with Crippen molar-refractivity contribution in [1.82, 2.24) is 29.5 Å². The summed E-state index contributed by atoms with van der Waals surface area (Å²) in [5.74, 6) is -2.54. The van der Waals surface area contributed by atoms with Crippen LogP contribution in [0, 0.1) is 0 Å². The zero-order valence-corrected chi connectivity index (χ0v) is 13.8. The number of nitrogens with zero attached hydrogens (tertiary/aromatic N) is 5. The second-order valence-corrected chi connectivity index (χ2v) is 6.96. The Bertz CT molecular complexity index is 695. The molecule has 2 aromatic rings. The van der Waals surface area contributed by atoms with E-state index in [0.717, 1.165) is 30.8 Å². The molecule has 0 aromatic carbocycles. The quantitative estimate of drug-likeness (QED) is 0.917. The normalized spacial score (nSPS) is 24.4. The molecule has 8 heteroatoms. The maximum Gasteiger partial charge on any atom is 0.261 e. The SMILES string of the molecule is Cn1cnc2c1C[C@H](CN1CCC(F)(F)C1)N(Cc1cn[nH]c1)C2. The molecule has 4 heterocycles. The molecule has 0 aliphatic carbocycles. The highest BCUT2D eigenvalue weighted by Crippen LogP contribution is 2.29. The smallest absolute Gasteiger partial charge is 0.261 e. The third-order valence-corrected chi connectivity index (χ3v) is 5.10. The van der Waals surface area contributed by atoms with Crippen LogP contribution < -0.4 is 0 Å². The van der Waals surface area contributed by atoms with Gasteiger partial charge in [0.2, 0.25) is 0 Å². The van der Waals surface area contributed by atoms with E-state index < -0.39 is 5.92 Å². The molecule has 1 N–H and O–H groups in total. The second-order valence-electron chi connectivity index (χ2n) is 6.96. The van der Waals surface area contributed by atoms with E-state index in [0.29, 0.717) is 13.1 Å². The minimum Gasteiger partial charge on any atom is -0.337 e. The van der Waals surface area contributed by atoms with Gasteiger partial charge in [-0.2, -0.15) is 5.10 Å². The van der Waals surface area contributed by atoms with Crippen LogP contribution in [0.3, 0.4) is 0 Å². The third kappa shape index (κ3) is 3.08. The molecule has 2 aromatic heterocycles. The van der Waals surface area contributed by atoms with E-state index in [9.17, 15) is 8.78 Å². The molecule has 0 spiro atoms. The highest BCUT2D eigenvalue weighted by atomic mass is 19.3. The van der Waals surface area contributed by atoms with Gasteiger partial charge in [0.1, 0.15) is 0 Å². The minimum absolute atomic E-state index is 0.0294. The molecule has 24 heavy (non-hydrogen) atoms. The molecule has 1 fully saturated rings. The van der Waals surface area contributed by atoms with E-state index >= 15 is 0 Å². The van der Waals surface area contributed by atoms with E-state index in [1.165, 1.54) is 5.69 Å². The number of rotatable bonds is 4. The molecule has 2 aliphatic heterocycles. The van der Waals surface area contributed by atoms with Crippen molar-refractivity contribution in [3.8, 4) is 0 Å². The average Bonchev–Trinajstić information content (AvgIpc) is 3.23. The number of hydrogen-bond donors (Lipinski definition) is 1. The molecule has 0 saturated carbocycles. The van der Waals surface area contributed by atoms with Gasteiger partial charge in [0.05, 0.1) is 24.8 Å². The van der Waals surface area contributed by atoms with Crippen LogP contribution in [0.1, 0.15) is 23.4 Å². The van der Waals surface area contributed by atoms with Gasteiger partial charge < -0.3 is 4.57 Å². The number of imidazole rings is 1. The lowest BCUT2D eigenvalue weighted by atomic mass is 10.0. The van der Waals surface area contributed by atoms with Gasteiger partial charge in [-0.1, -0.05) is 0 Å². The first kappa shape index (κ1) is 15.7. The maximum absolute atomic E-state index is 13.5. The van der Waals surface area contributed by atoms with E-state index in [1.54, 1.807) is 0 Å². The molecule has 4 rings (SSSR count). The van der Waals surface area contributed by atoms with E-state index in [2.05, 4.69) is 24.6 Å². The Morgan fingerprint density at radius 3 is 3.00 bits per heavy atom. The first-order valence-corrected chi connectivity index (χ1v) is 8.31. The number of H-pyrrole nitrogens is 1. The van der Waals surface area contributed by atoms with Crippen molar-refractivity contribution in [1.29, 1.82) is 0 Å². The number of halogens is 2. The molecule has 0 bridgehead atoms. The summed E-state index contributed by atoms with van der Waals surface area (Å²) in [7, 11) is 2.00. The number of nitrogens with one attached hydrogen (secondary N) is 1. The number of hydrogen-bond acceptors (Lipinski definition) is 4. The fourth-order valence-electron chi connectivity index (χ4n) is 3.80. The Kier molecular flexibility index (Phi) is 3.88. The second kappa shape index (κ2) is 5.93. The Hall–Kier alpha value is -1.80. The fraction of sp³-hybridized carbons (Fsp3) is 0.625. The average molecular weight is 336 g/mol. The topological polar surface area (TPSA) is 53.0 Å². The van der Waals surface area contributed by atoms with Crippen LogP contribution in [0.25, 0.3) is 0 Å². The lowest BCUT2D eigenvalue weighted by Crippen LogP contribution is -2.47. The molecule has 2 aliphatic rings. The van der Waals surface area contributed by atoms with E-state index in [-0.39, 0.29) is 19.0 Å². The molecule has 130 valence electrons. The predicted octanol–water partition coefficient (Wildman–Crippen LogP) is 1.41. The van der Waals surface area contributed by atoms with Gasteiger partial charge in [-0.3, -0.25) is 14.9 Å². The van der Waals surface area contributed by atoms with Gasteiger partial charge in [0.25, 0.3) is 5.92 Å². The van der Waals surface area contributed by atoms with Crippen LogP contribution in [-0.2, 0) is 26.6 Å². The summed E-state index contributed by atoms with van der Waals surface area (Å²) in [5.41, 5.74) is 3.41. The van der Waals surface area contributed by atoms with Crippen LogP contribution in [0.15, 0.2) is 18.7 Å². The summed E-state index contributed by atoms with van der Waals surface area (Å²) < 4.78 is 29.1. The van der Waals surface area contributed by atoms with E-state index in [4.69, 9.17) is 0 Å². The van der Waals surface area contributed by atoms with Crippen molar-refractivity contribution in [3.05, 3.63) is 35.7 Å². The summed E-state index contributed by atoms with van der Waals surface area (Å²) in [6.07, 6.45) is 6.35. The number of alkyl halides is 2. The Balaban J connectivity index is 1.53. The third-order valence-electron chi connectivity index (χ3n) is 5.10. The van der Waals surface area contributed by atoms with Crippen molar-refractivity contribution < 1.29 is 8.78 Å². The number of aromatic nitrogens is 4. The summed E-state index contributed by atoms with van der Waals surface area (Å²) in [6, 6.07) is 0.205. The molecular formula is C16H22F2N6. The molecule has 1 atom stereocenters. The number of likely N-dealkylation sites (tertiary alicyclic amines) is 1. The number of aryl methyl sites for hydroxylation is 1. The standard InChI is InChI=1S/C16H22F2N6/c1-22-11-19-14-9-24(7-12-5-20-21-6-12)13(4-15(14)22)8-23-3-2-16(17,18)10-23/h5-6,11,13H,2-4,7-10H2,1H3,(H,20,21)/t13-/m1/s1. The van der Waals surface area contributed by atoms with Crippen molar-refractivity contribution in [2.45, 2.75) is 37.9 Å². The first-order valence-electron chi connectivity index (χ1n) is 8.31. The Morgan fingerprint density at radius 2 is 2.29 bits per heavy atom. The van der Waals surface area contributed by atoms with Gasteiger partial charge in [0.15, 0.2) is 0 Å². The Labute approximate surface area is 139 Å². The zero-order chi connectivity index (χ0) is 16.7. The molecule has 0 unspecified atom stereocenters. The van der Waals surface area contributed by atoms with Crippen molar-refractivity contribution in [3.63, 3.8) is 0 Å². The summed E-state index contributed by atoms with van der Waals surface area (Å²) in [6.45, 7) is 2.51. The van der Waals surface area contributed by atoms with Crippen molar-refractivity contribution in [2.75, 3.05) is 19.6 Å². The monoisotopic (exact) mass is 336 g/mol. The predicted molar refractivity (Wildman–Crippen MR) is 84.5 cm³/mol. The van der Waals surface area contributed by atoms with Crippen LogP contribution >= 0.6 is 0 Å². The largest absolute Gasteiger partial charge is 0.337 e. The van der Waals surface area contributed by atoms with E-state index in [1.807, 2.05) is 30.7 Å². The van der Waals surface area contributed by atoms with Crippen LogP contribution in [0.4, 0.5) is 8.78 Å². The molecule has 0 radical (unpaired) electrons. The zero-order valence-electron chi connectivity index (χ0n) is 13.8. The van der Waals surface area contributed by atoms with Crippen molar-refractivity contribution in [2.24, 2.45) is 7.05 Å². The molecule has 6 nitrogen and oxygen atoms in total. The van der Waals surface area contributed by atoms with Crippen molar-refractivity contribution >= 4 is 0 Å². The first-order chi connectivity index (χ1) is 11.5. The summed E-state index contributed by atoms with van der Waals surface area (Å²) in [4.78, 5) is 8.72. The molecule has 0 amide bonds. The van der Waals surface area contributed by atoms with Crippen LogP contribution in [-0.4, -0.2) is 61.1 Å². The van der Waals surface area contributed by atoms with Gasteiger partial charge >= 0.3 is 0 Å². The van der Waals surface area contributed by atoms with Gasteiger partial charge in [-0.15, -0.1) is 0 Å². The molecular weight excluding hydrogens is 314 g/mol. The number of fused-ring (bicyclic) bond motifs is 1. The lowest BCUT2D eigenvalue weighted by Gasteiger charge is -2.37. The number of aromatic amines is 1.